The smallest absolute Gasteiger partial charge is 0.409 e. The molecule has 1 aliphatic heterocycles. The van der Waals surface area contributed by atoms with E-state index in [1.54, 1.807) is 13.8 Å². The Balaban J connectivity index is 2.22. The molecule has 8 nitrogen and oxygen atoms in total. The van der Waals surface area contributed by atoms with Gasteiger partial charge in [-0.05, 0) is 39.5 Å². The third-order valence-electron chi connectivity index (χ3n) is 6.36. The van der Waals surface area contributed by atoms with Crippen LogP contribution in [-0.2, 0) is 14.8 Å². The number of rotatable bonds is 9. The van der Waals surface area contributed by atoms with Crippen molar-refractivity contribution in [2.45, 2.75) is 108 Å². The molecule has 1 saturated heterocycles. The summed E-state index contributed by atoms with van der Waals surface area (Å²) in [6.45, 7) is 7.05. The molecule has 0 radical (unpaired) electrons. The van der Waals surface area contributed by atoms with Crippen LogP contribution < -0.4 is 4.72 Å². The number of carboxylic acid groups (broad SMARTS) is 1. The first-order chi connectivity index (χ1) is 13.5. The molecule has 29 heavy (non-hydrogen) atoms. The summed E-state index contributed by atoms with van der Waals surface area (Å²) in [5.74, 6) is 0.359. The van der Waals surface area contributed by atoms with E-state index < -0.39 is 45.3 Å². The topological polar surface area (TPSA) is 116 Å². The first-order valence-electron chi connectivity index (χ1n) is 10.9. The van der Waals surface area contributed by atoms with Crippen molar-refractivity contribution in [2.75, 3.05) is 6.54 Å². The van der Waals surface area contributed by atoms with E-state index in [9.17, 15) is 23.4 Å². The molecule has 1 aliphatic carbocycles. The highest BCUT2D eigenvalue weighted by Crippen LogP contribution is 2.40. The molecule has 2 unspecified atom stereocenters. The van der Waals surface area contributed by atoms with Crippen LogP contribution in [0.5, 0.6) is 0 Å². The fourth-order valence-corrected chi connectivity index (χ4v) is 5.88. The van der Waals surface area contributed by atoms with Gasteiger partial charge in [-0.15, -0.1) is 0 Å². The number of nitrogens with one attached hydrogen (secondary N) is 1. The minimum absolute atomic E-state index is 0.319. The van der Waals surface area contributed by atoms with Crippen molar-refractivity contribution in [3.05, 3.63) is 0 Å². The van der Waals surface area contributed by atoms with Crippen LogP contribution >= 0.6 is 0 Å². The van der Waals surface area contributed by atoms with Crippen LogP contribution in [0.15, 0.2) is 0 Å². The zero-order valence-electron chi connectivity index (χ0n) is 18.1. The second kappa shape index (κ2) is 9.94. The van der Waals surface area contributed by atoms with Crippen molar-refractivity contribution in [1.82, 2.24) is 9.62 Å². The maximum absolute atomic E-state index is 12.6. The SMILES string of the molecule is CCCCNS(=O)(=O)C(C)C(O)[C@@H]1OC(C)(C)N(C(=O)O)[C@H]1CC1CCCCC1. The molecule has 0 aromatic rings. The average molecular weight is 435 g/mol. The van der Waals surface area contributed by atoms with Gasteiger partial charge in [-0.3, -0.25) is 4.90 Å². The molecule has 3 N–H and O–H groups in total. The third-order valence-corrected chi connectivity index (χ3v) is 8.23. The maximum Gasteiger partial charge on any atom is 0.409 e. The fourth-order valence-electron chi connectivity index (χ4n) is 4.66. The van der Waals surface area contributed by atoms with Crippen LogP contribution in [0.4, 0.5) is 4.79 Å². The Morgan fingerprint density at radius 3 is 2.45 bits per heavy atom. The summed E-state index contributed by atoms with van der Waals surface area (Å²) in [6, 6.07) is -0.575. The summed E-state index contributed by atoms with van der Waals surface area (Å²) in [6.07, 6.45) is 4.31. The van der Waals surface area contributed by atoms with Crippen LogP contribution in [0.2, 0.25) is 0 Å². The molecule has 2 fully saturated rings. The molecule has 0 spiro atoms. The van der Waals surface area contributed by atoms with Crippen LogP contribution in [-0.4, -0.2) is 65.4 Å². The molecule has 0 aromatic heterocycles. The molecule has 1 amide bonds. The van der Waals surface area contributed by atoms with E-state index in [1.807, 2.05) is 6.92 Å². The third kappa shape index (κ3) is 5.83. The van der Waals surface area contributed by atoms with Gasteiger partial charge in [-0.2, -0.15) is 0 Å². The Labute approximate surface area is 175 Å². The first kappa shape index (κ1) is 24.4. The number of ether oxygens (including phenoxy) is 1. The minimum atomic E-state index is -3.75. The van der Waals surface area contributed by atoms with Crippen molar-refractivity contribution < 1.29 is 28.2 Å². The van der Waals surface area contributed by atoms with E-state index in [0.717, 1.165) is 32.1 Å². The van der Waals surface area contributed by atoms with Gasteiger partial charge in [0.1, 0.15) is 23.2 Å². The number of carbonyl (C=O) groups is 1. The Bertz CT molecular complexity index is 647. The Morgan fingerprint density at radius 1 is 1.28 bits per heavy atom. The van der Waals surface area contributed by atoms with Crippen molar-refractivity contribution in [2.24, 2.45) is 5.92 Å². The van der Waals surface area contributed by atoms with Gasteiger partial charge in [0.25, 0.3) is 0 Å². The fraction of sp³-hybridized carbons (Fsp3) is 0.950. The molecule has 4 atom stereocenters. The number of nitrogens with zero attached hydrogens (tertiary/aromatic N) is 1. The second-order valence-corrected chi connectivity index (χ2v) is 11.1. The molecule has 0 bridgehead atoms. The summed E-state index contributed by atoms with van der Waals surface area (Å²) < 4.78 is 33.8. The average Bonchev–Trinajstić information content (AvgIpc) is 2.91. The molecular weight excluding hydrogens is 396 g/mol. The Kier molecular flexibility index (Phi) is 8.35. The number of hydrogen-bond donors (Lipinski definition) is 3. The summed E-state index contributed by atoms with van der Waals surface area (Å²) in [5, 5.41) is 19.7. The van der Waals surface area contributed by atoms with Crippen LogP contribution in [0.1, 0.15) is 79.1 Å². The highest BCUT2D eigenvalue weighted by Gasteiger charge is 2.54. The minimum Gasteiger partial charge on any atom is -0.465 e. The molecule has 170 valence electrons. The number of unbranched alkanes of at least 4 members (excludes halogenated alkanes) is 1. The Morgan fingerprint density at radius 2 is 1.90 bits per heavy atom. The number of amides is 1. The highest BCUT2D eigenvalue weighted by molar-refractivity contribution is 7.90. The van der Waals surface area contributed by atoms with Crippen LogP contribution in [0, 0.1) is 5.92 Å². The second-order valence-electron chi connectivity index (χ2n) is 8.98. The van der Waals surface area contributed by atoms with Gasteiger partial charge in [0, 0.05) is 6.54 Å². The molecule has 0 aromatic carbocycles. The molecule has 2 rings (SSSR count). The quantitative estimate of drug-likeness (QED) is 0.481. The zero-order valence-corrected chi connectivity index (χ0v) is 19.0. The van der Waals surface area contributed by atoms with Crippen LogP contribution in [0.25, 0.3) is 0 Å². The van der Waals surface area contributed by atoms with Gasteiger partial charge < -0.3 is 14.9 Å². The lowest BCUT2D eigenvalue weighted by Gasteiger charge is -2.34. The molecule has 1 saturated carbocycles. The van der Waals surface area contributed by atoms with E-state index in [0.29, 0.717) is 25.3 Å². The van der Waals surface area contributed by atoms with Crippen molar-refractivity contribution >= 4 is 16.1 Å². The standard InChI is InChI=1S/C20H38N2O6S/c1-5-6-12-21-29(26,27)14(2)17(23)18-16(13-15-10-8-7-9-11-15)22(19(24)25)20(3,4)28-18/h14-18,21,23H,5-13H2,1-4H3,(H,24,25)/t14?,16-,17?,18+/m0/s1. The predicted molar refractivity (Wildman–Crippen MR) is 111 cm³/mol. The van der Waals surface area contributed by atoms with Gasteiger partial charge in [0.2, 0.25) is 10.0 Å². The predicted octanol–water partition coefficient (Wildman–Crippen LogP) is 2.91. The van der Waals surface area contributed by atoms with Crippen molar-refractivity contribution in [3.8, 4) is 0 Å². The van der Waals surface area contributed by atoms with Crippen molar-refractivity contribution in [3.63, 3.8) is 0 Å². The van der Waals surface area contributed by atoms with E-state index in [-0.39, 0.29) is 0 Å². The summed E-state index contributed by atoms with van der Waals surface area (Å²) >= 11 is 0. The molecule has 2 aliphatic rings. The zero-order chi connectivity index (χ0) is 21.8. The van der Waals surface area contributed by atoms with Gasteiger partial charge >= 0.3 is 6.09 Å². The monoisotopic (exact) mass is 434 g/mol. The van der Waals surface area contributed by atoms with Crippen LogP contribution in [0.3, 0.4) is 0 Å². The number of sulfonamides is 1. The van der Waals surface area contributed by atoms with Gasteiger partial charge in [0.05, 0.1) is 6.04 Å². The van der Waals surface area contributed by atoms with Gasteiger partial charge in [-0.25, -0.2) is 17.9 Å². The normalized spacial score (nSPS) is 27.7. The molecular formula is C20H38N2O6S. The maximum atomic E-state index is 12.6. The van der Waals surface area contributed by atoms with E-state index >= 15 is 0 Å². The van der Waals surface area contributed by atoms with Crippen molar-refractivity contribution in [1.29, 1.82) is 0 Å². The summed E-state index contributed by atoms with van der Waals surface area (Å²) in [4.78, 5) is 13.3. The lowest BCUT2D eigenvalue weighted by atomic mass is 9.82. The summed E-state index contributed by atoms with van der Waals surface area (Å²) in [5.41, 5.74) is -1.13. The summed E-state index contributed by atoms with van der Waals surface area (Å²) in [7, 11) is -3.75. The number of aliphatic hydroxyl groups is 1. The van der Waals surface area contributed by atoms with E-state index in [4.69, 9.17) is 4.74 Å². The Hall–Kier alpha value is -0.900. The van der Waals surface area contributed by atoms with Gasteiger partial charge in [0.15, 0.2) is 0 Å². The van der Waals surface area contributed by atoms with E-state index in [1.165, 1.54) is 18.2 Å². The highest BCUT2D eigenvalue weighted by atomic mass is 32.2. The number of aliphatic hydroxyl groups excluding tert-OH is 1. The van der Waals surface area contributed by atoms with Gasteiger partial charge in [-0.1, -0.05) is 45.4 Å². The van der Waals surface area contributed by atoms with E-state index in [2.05, 4.69) is 4.72 Å². The first-order valence-corrected chi connectivity index (χ1v) is 12.4. The lowest BCUT2D eigenvalue weighted by Crippen LogP contribution is -2.52. The molecule has 1 heterocycles. The lowest BCUT2D eigenvalue weighted by molar-refractivity contribution is -0.0972. The largest absolute Gasteiger partial charge is 0.465 e. The molecule has 9 heteroatoms. The number of hydrogen-bond acceptors (Lipinski definition) is 5.